The van der Waals surface area contributed by atoms with E-state index in [4.69, 9.17) is 0 Å². The smallest absolute Gasteiger partial charge is 0.251 e. The number of nitrogens with zero attached hydrogens (tertiary/aromatic N) is 1. The van der Waals surface area contributed by atoms with Crippen LogP contribution in [0.3, 0.4) is 0 Å². The molecule has 2 aromatic rings. The third-order valence-corrected chi connectivity index (χ3v) is 4.36. The van der Waals surface area contributed by atoms with Crippen molar-refractivity contribution in [1.82, 2.24) is 10.3 Å². The van der Waals surface area contributed by atoms with Gasteiger partial charge in [0.2, 0.25) is 0 Å². The molecular weight excluding hydrogens is 324 g/mol. The van der Waals surface area contributed by atoms with Crippen molar-refractivity contribution in [3.8, 4) is 11.8 Å². The van der Waals surface area contributed by atoms with Crippen molar-refractivity contribution in [2.45, 2.75) is 45.3 Å². The lowest BCUT2D eigenvalue weighted by Crippen LogP contribution is -2.31. The molecule has 1 heterocycles. The fourth-order valence-corrected chi connectivity index (χ4v) is 2.85. The van der Waals surface area contributed by atoms with E-state index in [0.29, 0.717) is 17.0 Å². The monoisotopic (exact) mass is 348 g/mol. The van der Waals surface area contributed by atoms with Crippen LogP contribution in [-0.2, 0) is 0 Å². The standard InChI is InChI=1S/C22H24N2O2/c1-15-6-5-13-23-19(15)20(17-9-10-17)24-21(25)18-8-4-7-16(14-18)11-12-22(2,3)26/h4-8,13-14,17,20,26H,9-10H2,1-3H3,(H,24,25)/t20-/m0/s1. The molecule has 134 valence electrons. The molecule has 4 nitrogen and oxygen atoms in total. The van der Waals surface area contributed by atoms with Gasteiger partial charge in [0.25, 0.3) is 5.91 Å². The average Bonchev–Trinajstić information content (AvgIpc) is 3.43. The van der Waals surface area contributed by atoms with Gasteiger partial charge in [0.15, 0.2) is 0 Å². The second-order valence-electron chi connectivity index (χ2n) is 7.38. The van der Waals surface area contributed by atoms with E-state index in [-0.39, 0.29) is 11.9 Å². The number of carbonyl (C=O) groups is 1. The Balaban J connectivity index is 1.80. The van der Waals surface area contributed by atoms with Crippen molar-refractivity contribution in [2.75, 3.05) is 0 Å². The number of rotatable bonds is 4. The van der Waals surface area contributed by atoms with Crippen molar-refractivity contribution in [3.63, 3.8) is 0 Å². The summed E-state index contributed by atoms with van der Waals surface area (Å²) in [5.41, 5.74) is 2.24. The van der Waals surface area contributed by atoms with Crippen molar-refractivity contribution < 1.29 is 9.90 Å². The first-order valence-electron chi connectivity index (χ1n) is 8.91. The predicted molar refractivity (Wildman–Crippen MR) is 102 cm³/mol. The van der Waals surface area contributed by atoms with Crippen molar-refractivity contribution >= 4 is 5.91 Å². The number of hydrogen-bond donors (Lipinski definition) is 2. The Morgan fingerprint density at radius 3 is 2.73 bits per heavy atom. The third kappa shape index (κ3) is 4.71. The summed E-state index contributed by atoms with van der Waals surface area (Å²) in [5.74, 6) is 6.01. The van der Waals surface area contributed by atoms with E-state index in [0.717, 1.165) is 24.1 Å². The summed E-state index contributed by atoms with van der Waals surface area (Å²) in [7, 11) is 0. The summed E-state index contributed by atoms with van der Waals surface area (Å²) in [6.45, 7) is 5.29. The van der Waals surface area contributed by atoms with Gasteiger partial charge < -0.3 is 10.4 Å². The number of pyridine rings is 1. The zero-order chi connectivity index (χ0) is 18.7. The summed E-state index contributed by atoms with van der Waals surface area (Å²) in [5, 5.41) is 12.9. The molecule has 2 N–H and O–H groups in total. The zero-order valence-electron chi connectivity index (χ0n) is 15.4. The van der Waals surface area contributed by atoms with Crippen LogP contribution in [0.15, 0.2) is 42.6 Å². The second kappa shape index (κ2) is 7.31. The van der Waals surface area contributed by atoms with Crippen LogP contribution >= 0.6 is 0 Å². The second-order valence-corrected chi connectivity index (χ2v) is 7.38. The topological polar surface area (TPSA) is 62.2 Å². The van der Waals surface area contributed by atoms with E-state index in [1.165, 1.54) is 0 Å². The Bertz CT molecular complexity index is 867. The lowest BCUT2D eigenvalue weighted by atomic mass is 10.0. The summed E-state index contributed by atoms with van der Waals surface area (Å²) in [6, 6.07) is 11.0. The molecule has 0 saturated heterocycles. The Hall–Kier alpha value is -2.64. The van der Waals surface area contributed by atoms with Gasteiger partial charge in [0.05, 0.1) is 11.7 Å². The van der Waals surface area contributed by atoms with Gasteiger partial charge in [0.1, 0.15) is 5.60 Å². The van der Waals surface area contributed by atoms with Gasteiger partial charge in [-0.05, 0) is 69.4 Å². The molecule has 1 fully saturated rings. The molecule has 1 saturated carbocycles. The number of benzene rings is 1. The highest BCUT2D eigenvalue weighted by atomic mass is 16.3. The molecule has 0 aliphatic heterocycles. The highest BCUT2D eigenvalue weighted by Gasteiger charge is 2.35. The van der Waals surface area contributed by atoms with E-state index in [1.807, 2.05) is 25.1 Å². The summed E-state index contributed by atoms with van der Waals surface area (Å²) in [6.07, 6.45) is 3.99. The maximum Gasteiger partial charge on any atom is 0.251 e. The molecule has 0 unspecified atom stereocenters. The summed E-state index contributed by atoms with van der Waals surface area (Å²) < 4.78 is 0. The maximum atomic E-state index is 12.8. The van der Waals surface area contributed by atoms with E-state index >= 15 is 0 Å². The molecule has 4 heteroatoms. The van der Waals surface area contributed by atoms with Crippen LogP contribution < -0.4 is 5.32 Å². The van der Waals surface area contributed by atoms with E-state index < -0.39 is 5.60 Å². The number of aryl methyl sites for hydroxylation is 1. The molecule has 1 aromatic carbocycles. The molecule has 0 bridgehead atoms. The minimum Gasteiger partial charge on any atom is -0.378 e. The minimum atomic E-state index is -1.06. The lowest BCUT2D eigenvalue weighted by molar-refractivity contribution is 0.0930. The van der Waals surface area contributed by atoms with Gasteiger partial charge in [-0.3, -0.25) is 9.78 Å². The molecule has 1 aliphatic carbocycles. The first kappa shape index (κ1) is 18.2. The van der Waals surface area contributed by atoms with Gasteiger partial charge in [-0.1, -0.05) is 24.0 Å². The van der Waals surface area contributed by atoms with Crippen LogP contribution in [0.1, 0.15) is 59.9 Å². The minimum absolute atomic E-state index is 0.0604. The molecular formula is C22H24N2O2. The number of aliphatic hydroxyl groups is 1. The first-order valence-corrected chi connectivity index (χ1v) is 8.91. The Morgan fingerprint density at radius 1 is 1.31 bits per heavy atom. The number of aromatic nitrogens is 1. The van der Waals surface area contributed by atoms with Crippen LogP contribution in [0.25, 0.3) is 0 Å². The van der Waals surface area contributed by atoms with Gasteiger partial charge in [-0.25, -0.2) is 0 Å². The highest BCUT2D eigenvalue weighted by molar-refractivity contribution is 5.94. The molecule has 1 aliphatic rings. The fourth-order valence-electron chi connectivity index (χ4n) is 2.85. The maximum absolute atomic E-state index is 12.8. The average molecular weight is 348 g/mol. The molecule has 0 radical (unpaired) electrons. The molecule has 1 amide bonds. The van der Waals surface area contributed by atoms with Gasteiger partial charge in [-0.2, -0.15) is 0 Å². The van der Waals surface area contributed by atoms with Crippen LogP contribution in [0.4, 0.5) is 0 Å². The number of hydrogen-bond acceptors (Lipinski definition) is 3. The van der Waals surface area contributed by atoms with Gasteiger partial charge in [-0.15, -0.1) is 0 Å². The summed E-state index contributed by atoms with van der Waals surface area (Å²) in [4.78, 5) is 17.3. The Morgan fingerprint density at radius 2 is 2.08 bits per heavy atom. The predicted octanol–water partition coefficient (Wildman–Crippen LogP) is 3.39. The largest absolute Gasteiger partial charge is 0.378 e. The van der Waals surface area contributed by atoms with Crippen molar-refractivity contribution in [3.05, 3.63) is 65.0 Å². The van der Waals surface area contributed by atoms with Gasteiger partial charge in [0, 0.05) is 17.3 Å². The molecule has 3 rings (SSSR count). The number of amides is 1. The van der Waals surface area contributed by atoms with Crippen LogP contribution in [0.5, 0.6) is 0 Å². The molecule has 1 atom stereocenters. The quantitative estimate of drug-likeness (QED) is 0.833. The van der Waals surface area contributed by atoms with Crippen molar-refractivity contribution in [2.24, 2.45) is 5.92 Å². The molecule has 0 spiro atoms. The van der Waals surface area contributed by atoms with E-state index in [9.17, 15) is 9.90 Å². The number of carbonyl (C=O) groups excluding carboxylic acids is 1. The van der Waals surface area contributed by atoms with E-state index in [2.05, 4.69) is 22.1 Å². The normalized spacial score (nSPS) is 14.9. The zero-order valence-corrected chi connectivity index (χ0v) is 15.4. The molecule has 26 heavy (non-hydrogen) atoms. The van der Waals surface area contributed by atoms with Crippen LogP contribution in [-0.4, -0.2) is 21.6 Å². The SMILES string of the molecule is Cc1cccnc1[C@@H](NC(=O)c1cccc(C#CC(C)(C)O)c1)C1CC1. The summed E-state index contributed by atoms with van der Waals surface area (Å²) >= 11 is 0. The van der Waals surface area contributed by atoms with E-state index in [1.54, 1.807) is 38.2 Å². The van der Waals surface area contributed by atoms with Crippen LogP contribution in [0, 0.1) is 24.7 Å². The third-order valence-electron chi connectivity index (χ3n) is 4.36. The highest BCUT2D eigenvalue weighted by Crippen LogP contribution is 2.41. The molecule has 1 aromatic heterocycles. The first-order chi connectivity index (χ1) is 12.3. The number of nitrogens with one attached hydrogen (secondary N) is 1. The van der Waals surface area contributed by atoms with Crippen molar-refractivity contribution in [1.29, 1.82) is 0 Å². The fraction of sp³-hybridized carbons (Fsp3) is 0.364. The van der Waals surface area contributed by atoms with Gasteiger partial charge >= 0.3 is 0 Å². The Kier molecular flexibility index (Phi) is 5.11. The van der Waals surface area contributed by atoms with Crippen LogP contribution in [0.2, 0.25) is 0 Å². The Labute approximate surface area is 154 Å². The lowest BCUT2D eigenvalue weighted by Gasteiger charge is -2.19.